The Morgan fingerprint density at radius 2 is 2.23 bits per heavy atom. The summed E-state index contributed by atoms with van der Waals surface area (Å²) in [5.41, 5.74) is 2.85. The van der Waals surface area contributed by atoms with Crippen molar-refractivity contribution in [3.63, 3.8) is 0 Å². The highest BCUT2D eigenvalue weighted by Crippen LogP contribution is 2.25. The van der Waals surface area contributed by atoms with Gasteiger partial charge in [0.25, 0.3) is 5.91 Å². The molecule has 2 aromatic heterocycles. The smallest absolute Gasteiger partial charge is 0.293 e. The number of pyridine rings is 1. The normalized spacial score (nSPS) is 17.2. The van der Waals surface area contributed by atoms with Gasteiger partial charge >= 0.3 is 0 Å². The fourth-order valence-electron chi connectivity index (χ4n) is 3.49. The number of fused-ring (bicyclic) bond motifs is 1. The topological polar surface area (TPSA) is 74.0 Å². The van der Waals surface area contributed by atoms with Gasteiger partial charge in [0.15, 0.2) is 5.65 Å². The Balaban J connectivity index is 1.88. The van der Waals surface area contributed by atoms with Gasteiger partial charge in [-0.3, -0.25) is 4.79 Å². The maximum absolute atomic E-state index is 12.8. The molecule has 7 nitrogen and oxygen atoms in total. The van der Waals surface area contributed by atoms with E-state index in [2.05, 4.69) is 34.9 Å². The van der Waals surface area contributed by atoms with Crippen molar-refractivity contribution in [3.8, 4) is 0 Å². The summed E-state index contributed by atoms with van der Waals surface area (Å²) in [7, 11) is 0. The predicted octanol–water partition coefficient (Wildman–Crippen LogP) is 2.12. The molecule has 3 rings (SSSR count). The summed E-state index contributed by atoms with van der Waals surface area (Å²) >= 11 is 0. The van der Waals surface area contributed by atoms with Gasteiger partial charge in [-0.2, -0.15) is 0 Å². The number of aliphatic hydroxyl groups excluding tert-OH is 1. The Morgan fingerprint density at radius 3 is 2.88 bits per heavy atom. The number of aromatic nitrogens is 3. The van der Waals surface area contributed by atoms with E-state index in [1.165, 1.54) is 6.42 Å². The van der Waals surface area contributed by atoms with Crippen LogP contribution in [0.2, 0.25) is 0 Å². The number of carbonyl (C=O) groups excluding carboxylic acids is 1. The van der Waals surface area contributed by atoms with E-state index in [-0.39, 0.29) is 18.3 Å². The molecule has 2 aromatic rings. The number of hydrogen-bond acceptors (Lipinski definition) is 5. The van der Waals surface area contributed by atoms with Gasteiger partial charge in [-0.25, -0.2) is 9.50 Å². The summed E-state index contributed by atoms with van der Waals surface area (Å²) in [5.74, 6) is 0.682. The van der Waals surface area contributed by atoms with Gasteiger partial charge in [-0.05, 0) is 37.3 Å². The zero-order valence-electron chi connectivity index (χ0n) is 16.0. The maximum atomic E-state index is 12.8. The Morgan fingerprint density at radius 1 is 1.42 bits per heavy atom. The molecule has 1 aliphatic rings. The van der Waals surface area contributed by atoms with Crippen LogP contribution in [0.3, 0.4) is 0 Å². The molecule has 1 saturated heterocycles. The number of aryl methyl sites for hydroxylation is 1. The lowest BCUT2D eigenvalue weighted by molar-refractivity contribution is 0.0707. The van der Waals surface area contributed by atoms with E-state index in [4.69, 9.17) is 0 Å². The van der Waals surface area contributed by atoms with Crippen LogP contribution in [0.4, 0.5) is 5.69 Å². The SMILES string of the molecule is CCCCN(CCO)C(=O)c1nc2c(C)cc(N3CC[C@@H](C)C3)cn2n1. The van der Waals surface area contributed by atoms with Crippen molar-refractivity contribution in [1.29, 1.82) is 0 Å². The van der Waals surface area contributed by atoms with Crippen molar-refractivity contribution in [1.82, 2.24) is 19.5 Å². The first-order chi connectivity index (χ1) is 12.5. The molecule has 1 aliphatic heterocycles. The van der Waals surface area contributed by atoms with E-state index in [1.54, 1.807) is 9.42 Å². The van der Waals surface area contributed by atoms with Crippen LogP contribution in [0.15, 0.2) is 12.3 Å². The van der Waals surface area contributed by atoms with E-state index in [0.717, 1.165) is 37.2 Å². The number of carbonyl (C=O) groups is 1. The lowest BCUT2D eigenvalue weighted by atomic mass is 10.2. The summed E-state index contributed by atoms with van der Waals surface area (Å²) in [6.07, 6.45) is 5.05. The average Bonchev–Trinajstić information content (AvgIpc) is 3.24. The van der Waals surface area contributed by atoms with Gasteiger partial charge in [0, 0.05) is 26.2 Å². The molecule has 3 heterocycles. The molecule has 0 unspecified atom stereocenters. The summed E-state index contributed by atoms with van der Waals surface area (Å²) in [5, 5.41) is 13.7. The first kappa shape index (κ1) is 18.6. The molecule has 0 aliphatic carbocycles. The third-order valence-corrected chi connectivity index (χ3v) is 5.02. The zero-order chi connectivity index (χ0) is 18.7. The van der Waals surface area contributed by atoms with Crippen molar-refractivity contribution in [2.45, 2.75) is 40.0 Å². The number of hydrogen-bond donors (Lipinski definition) is 1. The van der Waals surface area contributed by atoms with Crippen molar-refractivity contribution in [2.75, 3.05) is 37.7 Å². The molecule has 142 valence electrons. The third-order valence-electron chi connectivity index (χ3n) is 5.02. The molecule has 7 heteroatoms. The fraction of sp³-hybridized carbons (Fsp3) is 0.632. The van der Waals surface area contributed by atoms with Crippen molar-refractivity contribution in [2.24, 2.45) is 5.92 Å². The van der Waals surface area contributed by atoms with Crippen molar-refractivity contribution < 1.29 is 9.90 Å². The Labute approximate surface area is 154 Å². The summed E-state index contributed by atoms with van der Waals surface area (Å²) in [6, 6.07) is 2.12. The molecular formula is C19H29N5O2. The molecule has 0 radical (unpaired) electrons. The predicted molar refractivity (Wildman–Crippen MR) is 102 cm³/mol. The van der Waals surface area contributed by atoms with Gasteiger partial charge < -0.3 is 14.9 Å². The van der Waals surface area contributed by atoms with Crippen LogP contribution in [0.5, 0.6) is 0 Å². The average molecular weight is 359 g/mol. The second-order valence-electron chi connectivity index (χ2n) is 7.29. The highest BCUT2D eigenvalue weighted by molar-refractivity contribution is 5.91. The van der Waals surface area contributed by atoms with E-state index in [9.17, 15) is 9.90 Å². The van der Waals surface area contributed by atoms with Crippen molar-refractivity contribution in [3.05, 3.63) is 23.7 Å². The Kier molecular flexibility index (Phi) is 5.76. The van der Waals surface area contributed by atoms with Gasteiger partial charge in [0.2, 0.25) is 5.82 Å². The fourth-order valence-corrected chi connectivity index (χ4v) is 3.49. The molecule has 1 amide bonds. The lowest BCUT2D eigenvalue weighted by Crippen LogP contribution is -2.35. The first-order valence-corrected chi connectivity index (χ1v) is 9.55. The number of amides is 1. The molecular weight excluding hydrogens is 330 g/mol. The lowest BCUT2D eigenvalue weighted by Gasteiger charge is -2.19. The van der Waals surface area contributed by atoms with E-state index in [1.807, 2.05) is 13.1 Å². The van der Waals surface area contributed by atoms with Gasteiger partial charge in [-0.15, -0.1) is 5.10 Å². The minimum atomic E-state index is -0.216. The van der Waals surface area contributed by atoms with E-state index >= 15 is 0 Å². The maximum Gasteiger partial charge on any atom is 0.293 e. The number of aliphatic hydroxyl groups is 1. The molecule has 0 aromatic carbocycles. The van der Waals surface area contributed by atoms with Crippen LogP contribution >= 0.6 is 0 Å². The molecule has 0 saturated carbocycles. The monoisotopic (exact) mass is 359 g/mol. The quantitative estimate of drug-likeness (QED) is 0.820. The van der Waals surface area contributed by atoms with Crippen LogP contribution in [-0.2, 0) is 0 Å². The highest BCUT2D eigenvalue weighted by Gasteiger charge is 2.23. The number of nitrogens with zero attached hydrogens (tertiary/aromatic N) is 5. The van der Waals surface area contributed by atoms with E-state index < -0.39 is 0 Å². The van der Waals surface area contributed by atoms with Crippen LogP contribution in [-0.4, -0.2) is 63.3 Å². The molecule has 1 N–H and O–H groups in total. The van der Waals surface area contributed by atoms with E-state index in [0.29, 0.717) is 24.7 Å². The van der Waals surface area contributed by atoms with Crippen molar-refractivity contribution >= 4 is 17.2 Å². The molecule has 1 atom stereocenters. The van der Waals surface area contributed by atoms with Crippen LogP contribution in [0, 0.1) is 12.8 Å². The molecule has 26 heavy (non-hydrogen) atoms. The third kappa shape index (κ3) is 3.82. The summed E-state index contributed by atoms with van der Waals surface area (Å²) < 4.78 is 1.72. The molecule has 1 fully saturated rings. The Hall–Kier alpha value is -2.15. The van der Waals surface area contributed by atoms with Gasteiger partial charge in [-0.1, -0.05) is 20.3 Å². The minimum absolute atomic E-state index is 0.0564. The number of unbranched alkanes of at least 4 members (excludes halogenated alkanes) is 1. The second-order valence-corrected chi connectivity index (χ2v) is 7.29. The van der Waals surface area contributed by atoms with Gasteiger partial charge in [0.1, 0.15) is 0 Å². The molecule has 0 bridgehead atoms. The van der Waals surface area contributed by atoms with Crippen LogP contribution in [0.25, 0.3) is 5.65 Å². The number of rotatable bonds is 7. The summed E-state index contributed by atoms with van der Waals surface area (Å²) in [4.78, 5) is 21.2. The summed E-state index contributed by atoms with van der Waals surface area (Å²) in [6.45, 7) is 9.31. The van der Waals surface area contributed by atoms with Crippen LogP contribution in [0.1, 0.15) is 49.3 Å². The first-order valence-electron chi connectivity index (χ1n) is 9.55. The number of anilines is 1. The minimum Gasteiger partial charge on any atom is -0.395 e. The van der Waals surface area contributed by atoms with Crippen LogP contribution < -0.4 is 4.90 Å². The Bertz CT molecular complexity index is 773. The largest absolute Gasteiger partial charge is 0.395 e. The highest BCUT2D eigenvalue weighted by atomic mass is 16.3. The second kappa shape index (κ2) is 8.03. The standard InChI is InChI=1S/C19H29N5O2/c1-4-5-7-22(9-10-25)19(26)17-20-18-15(3)11-16(13-24(18)21-17)23-8-6-14(2)12-23/h11,13-14,25H,4-10,12H2,1-3H3/t14-/m1/s1. The molecule has 0 spiro atoms. The van der Waals surface area contributed by atoms with Gasteiger partial charge in [0.05, 0.1) is 18.5 Å². The zero-order valence-corrected chi connectivity index (χ0v) is 16.0.